The van der Waals surface area contributed by atoms with Gasteiger partial charge in [-0.15, -0.1) is 0 Å². The summed E-state index contributed by atoms with van der Waals surface area (Å²) in [5.74, 6) is 8.63. The zero-order valence-corrected chi connectivity index (χ0v) is 20.0. The van der Waals surface area contributed by atoms with Crippen LogP contribution in [0.1, 0.15) is 105 Å². The van der Waals surface area contributed by atoms with Crippen molar-refractivity contribution < 1.29 is 5.11 Å². The van der Waals surface area contributed by atoms with E-state index in [0.29, 0.717) is 24.2 Å². The summed E-state index contributed by atoms with van der Waals surface area (Å²) in [7, 11) is 0. The van der Waals surface area contributed by atoms with Crippen molar-refractivity contribution in [1.29, 1.82) is 0 Å². The number of hydrogen-bond acceptors (Lipinski definition) is 1. The summed E-state index contributed by atoms with van der Waals surface area (Å²) in [5, 5.41) is 10.5. The third kappa shape index (κ3) is 4.96. The second-order valence-corrected chi connectivity index (χ2v) is 10.6. The molecule has 0 aliphatic heterocycles. The van der Waals surface area contributed by atoms with E-state index in [4.69, 9.17) is 0 Å². The summed E-state index contributed by atoms with van der Waals surface area (Å²) < 4.78 is 0. The largest absolute Gasteiger partial charge is 0.378 e. The van der Waals surface area contributed by atoms with Gasteiger partial charge in [0.15, 0.2) is 0 Å². The minimum Gasteiger partial charge on any atom is -0.378 e. The molecule has 3 aliphatic rings. The highest BCUT2D eigenvalue weighted by Gasteiger charge is 2.50. The Balaban J connectivity index is 1.71. The van der Waals surface area contributed by atoms with Crippen LogP contribution in [0.15, 0.2) is 35.5 Å². The second-order valence-electron chi connectivity index (χ2n) is 10.6. The van der Waals surface area contributed by atoms with Crippen molar-refractivity contribution >= 4 is 0 Å². The molecule has 0 aromatic carbocycles. The Morgan fingerprint density at radius 2 is 1.87 bits per heavy atom. The van der Waals surface area contributed by atoms with Crippen LogP contribution in [0.4, 0.5) is 0 Å². The quantitative estimate of drug-likeness (QED) is 0.461. The summed E-state index contributed by atoms with van der Waals surface area (Å²) in [4.78, 5) is 0. The van der Waals surface area contributed by atoms with Crippen LogP contribution in [0.25, 0.3) is 0 Å². The molecule has 0 aromatic rings. The van der Waals surface area contributed by atoms with E-state index < -0.39 is 5.60 Å². The molecule has 1 heteroatoms. The minimum absolute atomic E-state index is 0.416. The lowest BCUT2D eigenvalue weighted by Crippen LogP contribution is -2.36. The summed E-state index contributed by atoms with van der Waals surface area (Å²) >= 11 is 0. The van der Waals surface area contributed by atoms with Crippen LogP contribution < -0.4 is 0 Å². The van der Waals surface area contributed by atoms with E-state index >= 15 is 0 Å². The molecule has 3 aliphatic carbocycles. The van der Waals surface area contributed by atoms with Gasteiger partial charge in [0.1, 0.15) is 5.60 Å². The van der Waals surface area contributed by atoms with Gasteiger partial charge in [0.25, 0.3) is 0 Å². The molecule has 166 valence electrons. The van der Waals surface area contributed by atoms with Crippen molar-refractivity contribution in [2.75, 3.05) is 0 Å². The average molecular weight is 409 g/mol. The summed E-state index contributed by atoms with van der Waals surface area (Å²) in [6.07, 6.45) is 18.9. The molecule has 0 spiro atoms. The van der Waals surface area contributed by atoms with Gasteiger partial charge in [0.2, 0.25) is 0 Å². The highest BCUT2D eigenvalue weighted by atomic mass is 16.3. The Hall–Kier alpha value is -1.26. The van der Waals surface area contributed by atoms with Crippen molar-refractivity contribution in [2.45, 2.75) is 110 Å². The van der Waals surface area contributed by atoms with Crippen molar-refractivity contribution in [3.8, 4) is 11.8 Å². The van der Waals surface area contributed by atoms with Crippen LogP contribution in [0.2, 0.25) is 0 Å². The summed E-state index contributed by atoms with van der Waals surface area (Å²) in [6.45, 7) is 13.3. The summed E-state index contributed by atoms with van der Waals surface area (Å²) in [6, 6.07) is 0. The Morgan fingerprint density at radius 1 is 1.13 bits per heavy atom. The maximum atomic E-state index is 10.5. The van der Waals surface area contributed by atoms with Crippen molar-refractivity contribution in [1.82, 2.24) is 0 Å². The first kappa shape index (κ1) is 23.4. The lowest BCUT2D eigenvalue weighted by Gasteiger charge is -2.44. The van der Waals surface area contributed by atoms with Gasteiger partial charge in [-0.2, -0.15) is 0 Å². The van der Waals surface area contributed by atoms with Gasteiger partial charge in [0.05, 0.1) is 0 Å². The molecule has 4 unspecified atom stereocenters. The molecule has 30 heavy (non-hydrogen) atoms. The third-order valence-corrected chi connectivity index (χ3v) is 8.77. The number of aliphatic hydroxyl groups is 1. The topological polar surface area (TPSA) is 20.2 Å². The molecule has 3 saturated carbocycles. The lowest BCUT2D eigenvalue weighted by molar-refractivity contribution is 0.0919. The van der Waals surface area contributed by atoms with Gasteiger partial charge in [-0.3, -0.25) is 0 Å². The number of allylic oxidation sites excluding steroid dienone is 5. The Kier molecular flexibility index (Phi) is 7.73. The molecule has 0 amide bonds. The van der Waals surface area contributed by atoms with E-state index in [1.54, 1.807) is 5.57 Å². The minimum atomic E-state index is -0.792. The van der Waals surface area contributed by atoms with Crippen LogP contribution in [0, 0.1) is 35.0 Å². The maximum Gasteiger partial charge on any atom is 0.125 e. The molecule has 0 aromatic heterocycles. The first-order valence-electron chi connectivity index (χ1n) is 12.6. The van der Waals surface area contributed by atoms with Crippen LogP contribution >= 0.6 is 0 Å². The Labute approximate surface area is 186 Å². The van der Waals surface area contributed by atoms with Crippen molar-refractivity contribution in [3.63, 3.8) is 0 Å². The van der Waals surface area contributed by atoms with E-state index in [-0.39, 0.29) is 0 Å². The van der Waals surface area contributed by atoms with Gasteiger partial charge >= 0.3 is 0 Å². The van der Waals surface area contributed by atoms with E-state index in [1.165, 1.54) is 68.9 Å². The Bertz CT molecular complexity index is 738. The van der Waals surface area contributed by atoms with E-state index in [9.17, 15) is 5.11 Å². The molecule has 0 radical (unpaired) electrons. The van der Waals surface area contributed by atoms with Crippen molar-refractivity contribution in [3.05, 3.63) is 35.5 Å². The summed E-state index contributed by atoms with van der Waals surface area (Å²) in [5.41, 5.74) is 4.19. The average Bonchev–Trinajstić information content (AvgIpc) is 3.10. The first-order chi connectivity index (χ1) is 14.3. The van der Waals surface area contributed by atoms with Crippen LogP contribution in [0.3, 0.4) is 0 Å². The number of hydrogen-bond donors (Lipinski definition) is 1. The fourth-order valence-electron chi connectivity index (χ4n) is 6.56. The predicted octanol–water partition coefficient (Wildman–Crippen LogP) is 7.77. The number of fused-ring (bicyclic) bond motifs is 1. The molecule has 1 nitrogen and oxygen atoms in total. The molecule has 4 atom stereocenters. The highest BCUT2D eigenvalue weighted by Crippen LogP contribution is 2.59. The first-order valence-corrected chi connectivity index (χ1v) is 12.6. The fourth-order valence-corrected chi connectivity index (χ4v) is 6.56. The molecule has 3 fully saturated rings. The molecular formula is C29H44O. The van der Waals surface area contributed by atoms with E-state index in [0.717, 1.165) is 18.3 Å². The van der Waals surface area contributed by atoms with Gasteiger partial charge in [-0.05, 0) is 99.4 Å². The SMILES string of the molecule is C=C1CCCCC1=CC=C1CCCC2(C)C1CCC2C(C)CC#CC(O)(CC)CC. The highest BCUT2D eigenvalue weighted by molar-refractivity contribution is 5.35. The molecular weight excluding hydrogens is 364 g/mol. The van der Waals surface area contributed by atoms with Crippen molar-refractivity contribution in [2.24, 2.45) is 23.2 Å². The van der Waals surface area contributed by atoms with E-state index in [2.05, 4.69) is 44.4 Å². The second kappa shape index (κ2) is 9.91. The maximum absolute atomic E-state index is 10.5. The zero-order chi connectivity index (χ0) is 21.8. The lowest BCUT2D eigenvalue weighted by atomic mass is 9.61. The fraction of sp³-hybridized carbons (Fsp3) is 0.724. The van der Waals surface area contributed by atoms with Crippen LogP contribution in [-0.4, -0.2) is 10.7 Å². The molecule has 0 saturated heterocycles. The van der Waals surface area contributed by atoms with Gasteiger partial charge in [0, 0.05) is 6.42 Å². The van der Waals surface area contributed by atoms with Gasteiger partial charge < -0.3 is 5.11 Å². The zero-order valence-electron chi connectivity index (χ0n) is 20.0. The van der Waals surface area contributed by atoms with E-state index in [1.807, 2.05) is 13.8 Å². The van der Waals surface area contributed by atoms with Gasteiger partial charge in [-0.1, -0.05) is 69.4 Å². The number of rotatable bonds is 5. The molecule has 0 bridgehead atoms. The normalized spacial score (nSPS) is 33.3. The predicted molar refractivity (Wildman–Crippen MR) is 129 cm³/mol. The van der Waals surface area contributed by atoms with Gasteiger partial charge in [-0.25, -0.2) is 0 Å². The standard InChI is InChI=1S/C29H44O/c1-6-29(30,7-2)21-10-13-23(4)26-18-19-27-25(15-11-20-28(26,27)5)17-16-24-14-9-8-12-22(24)3/h16-17,23,26-27,30H,3,6-9,11-15,18-20H2,1-2,4-5H3. The molecule has 0 heterocycles. The monoisotopic (exact) mass is 408 g/mol. The molecule has 3 rings (SSSR count). The van der Waals surface area contributed by atoms with Crippen LogP contribution in [-0.2, 0) is 0 Å². The Morgan fingerprint density at radius 3 is 2.57 bits per heavy atom. The third-order valence-electron chi connectivity index (χ3n) is 8.77. The van der Waals surface area contributed by atoms with Crippen LogP contribution in [0.5, 0.6) is 0 Å². The molecule has 1 N–H and O–H groups in total. The smallest absolute Gasteiger partial charge is 0.125 e.